The number of halogens is 3. The molecule has 12 heteroatoms. The first kappa shape index (κ1) is 24.6. The highest BCUT2D eigenvalue weighted by molar-refractivity contribution is 7.90. The zero-order valence-electron chi connectivity index (χ0n) is 17.4. The number of rotatable bonds is 9. The van der Waals surface area contributed by atoms with Crippen LogP contribution in [0, 0.1) is 0 Å². The number of ether oxygens (including phenoxy) is 2. The molecule has 2 aromatic carbocycles. The second-order valence-electron chi connectivity index (χ2n) is 6.96. The average Bonchev–Trinajstić information content (AvgIpc) is 3.21. The lowest BCUT2D eigenvalue weighted by atomic mass is 10.1. The van der Waals surface area contributed by atoms with E-state index >= 15 is 0 Å². The third-order valence-electron chi connectivity index (χ3n) is 4.73. The predicted molar refractivity (Wildman–Crippen MR) is 112 cm³/mol. The molecule has 0 aliphatic rings. The van der Waals surface area contributed by atoms with E-state index in [1.54, 1.807) is 36.4 Å². The maximum Gasteiger partial charge on any atom is 0.491 e. The second kappa shape index (κ2) is 9.81. The van der Waals surface area contributed by atoms with Crippen molar-refractivity contribution in [2.45, 2.75) is 23.8 Å². The number of esters is 1. The number of benzene rings is 2. The van der Waals surface area contributed by atoms with E-state index in [2.05, 4.69) is 10.1 Å². The fraction of sp³-hybridized carbons (Fsp3) is 0.286. The molecule has 33 heavy (non-hydrogen) atoms. The minimum Gasteiger partial charge on any atom is -0.497 e. The fourth-order valence-corrected chi connectivity index (χ4v) is 4.55. The van der Waals surface area contributed by atoms with Gasteiger partial charge in [-0.2, -0.15) is 13.2 Å². The Balaban J connectivity index is 1.76. The molecular weight excluding hydrogens is 465 g/mol. The smallest absolute Gasteiger partial charge is 0.491 e. The molecule has 0 aliphatic carbocycles. The summed E-state index contributed by atoms with van der Waals surface area (Å²) < 4.78 is 73.0. The molecule has 0 fully saturated rings. The molecule has 8 nitrogen and oxygen atoms in total. The summed E-state index contributed by atoms with van der Waals surface area (Å²) >= 11 is 0. The Morgan fingerprint density at radius 1 is 1.18 bits per heavy atom. The summed E-state index contributed by atoms with van der Waals surface area (Å²) in [6.45, 7) is -0.224. The van der Waals surface area contributed by atoms with Crippen LogP contribution in [0.4, 0.5) is 13.2 Å². The van der Waals surface area contributed by atoms with E-state index in [9.17, 15) is 31.5 Å². The van der Waals surface area contributed by atoms with Gasteiger partial charge in [-0.25, -0.2) is 17.2 Å². The Morgan fingerprint density at radius 2 is 1.88 bits per heavy atom. The van der Waals surface area contributed by atoms with Crippen LogP contribution in [0.1, 0.15) is 5.56 Å². The largest absolute Gasteiger partial charge is 0.497 e. The topological polar surface area (TPSA) is 107 Å². The summed E-state index contributed by atoms with van der Waals surface area (Å²) in [7, 11) is -2.41. The number of aliphatic hydroxyl groups excluding tert-OH is 1. The summed E-state index contributed by atoms with van der Waals surface area (Å²) in [4.78, 5) is 10.9. The van der Waals surface area contributed by atoms with Crippen molar-refractivity contribution < 1.29 is 41.0 Å². The van der Waals surface area contributed by atoms with Gasteiger partial charge < -0.3 is 19.9 Å². The number of fused-ring (bicyclic) bond motifs is 1. The van der Waals surface area contributed by atoms with E-state index in [0.717, 1.165) is 3.97 Å². The van der Waals surface area contributed by atoms with Gasteiger partial charge in [0.05, 0.1) is 24.1 Å². The highest BCUT2D eigenvalue weighted by atomic mass is 32.2. The molecule has 0 bridgehead atoms. The van der Waals surface area contributed by atoms with Gasteiger partial charge in [-0.1, -0.05) is 18.2 Å². The summed E-state index contributed by atoms with van der Waals surface area (Å²) in [6, 6.07) is 12.9. The molecule has 178 valence electrons. The van der Waals surface area contributed by atoms with Crippen molar-refractivity contribution in [3.63, 3.8) is 0 Å². The monoisotopic (exact) mass is 486 g/mol. The van der Waals surface area contributed by atoms with Gasteiger partial charge in [0, 0.05) is 17.6 Å². The minimum atomic E-state index is -5.19. The summed E-state index contributed by atoms with van der Waals surface area (Å²) in [5.41, 5.74) is 1.10. The Hall–Kier alpha value is -3.09. The third kappa shape index (κ3) is 5.64. The van der Waals surface area contributed by atoms with E-state index in [4.69, 9.17) is 4.74 Å². The molecule has 0 aliphatic heterocycles. The van der Waals surface area contributed by atoms with Crippen LogP contribution in [0.25, 0.3) is 10.9 Å². The van der Waals surface area contributed by atoms with Gasteiger partial charge in [-0.15, -0.1) is 0 Å². The Kier molecular flexibility index (Phi) is 7.30. The molecule has 0 radical (unpaired) electrons. The number of methoxy groups -OCH3 is 1. The Morgan fingerprint density at radius 3 is 2.52 bits per heavy atom. The maximum atomic E-state index is 13.1. The third-order valence-corrected chi connectivity index (χ3v) is 6.44. The van der Waals surface area contributed by atoms with Crippen LogP contribution >= 0.6 is 0 Å². The van der Waals surface area contributed by atoms with Crippen LogP contribution in [0.5, 0.6) is 5.75 Å². The standard InChI is InChI=1S/C21H21F3N2O6S/c1-31-15-11-14(7-9-25-13-19(27)32-20(28)21(22,23)24)17-8-10-26(18(17)12-15)33(29,30)16-5-3-2-4-6-16/h2-6,8,10-12,19,25,27H,7,9,13H2,1H3. The fourth-order valence-electron chi connectivity index (χ4n) is 3.19. The van der Waals surface area contributed by atoms with Gasteiger partial charge >= 0.3 is 12.1 Å². The van der Waals surface area contributed by atoms with Crippen LogP contribution in [0.2, 0.25) is 0 Å². The van der Waals surface area contributed by atoms with Gasteiger partial charge in [0.15, 0.2) is 0 Å². The molecule has 3 rings (SSSR count). The Bertz CT molecular complexity index is 1230. The van der Waals surface area contributed by atoms with Crippen LogP contribution in [0.3, 0.4) is 0 Å². The molecule has 0 saturated carbocycles. The molecule has 0 amide bonds. The first-order valence-electron chi connectivity index (χ1n) is 9.69. The van der Waals surface area contributed by atoms with Crippen molar-refractivity contribution in [1.82, 2.24) is 9.29 Å². The molecule has 1 aromatic heterocycles. The highest BCUT2D eigenvalue weighted by Gasteiger charge is 2.42. The molecular formula is C21H21F3N2O6S. The first-order valence-corrected chi connectivity index (χ1v) is 11.1. The molecule has 3 aromatic rings. The van der Waals surface area contributed by atoms with E-state index < -0.39 is 35.0 Å². The molecule has 1 heterocycles. The predicted octanol–water partition coefficient (Wildman–Crippen LogP) is 2.44. The lowest BCUT2D eigenvalue weighted by Crippen LogP contribution is -2.36. The summed E-state index contributed by atoms with van der Waals surface area (Å²) in [6.07, 6.45) is -5.41. The number of hydrogen-bond donors (Lipinski definition) is 2. The zero-order chi connectivity index (χ0) is 24.2. The number of carbonyl (C=O) groups excluding carboxylic acids is 1. The van der Waals surface area contributed by atoms with Gasteiger partial charge in [0.25, 0.3) is 10.0 Å². The van der Waals surface area contributed by atoms with Crippen molar-refractivity contribution in [2.24, 2.45) is 0 Å². The molecule has 1 unspecified atom stereocenters. The molecule has 2 N–H and O–H groups in total. The van der Waals surface area contributed by atoms with Crippen LogP contribution in [0.15, 0.2) is 59.6 Å². The summed E-state index contributed by atoms with van der Waals surface area (Å²) in [5, 5.41) is 12.8. The number of aliphatic hydroxyl groups is 1. The van der Waals surface area contributed by atoms with Crippen molar-refractivity contribution in [2.75, 3.05) is 20.2 Å². The van der Waals surface area contributed by atoms with Crippen molar-refractivity contribution in [1.29, 1.82) is 0 Å². The number of alkyl halides is 3. The van der Waals surface area contributed by atoms with Crippen molar-refractivity contribution in [3.8, 4) is 5.75 Å². The number of nitrogens with zero attached hydrogens (tertiary/aromatic N) is 1. The number of carbonyl (C=O) groups is 1. The van der Waals surface area contributed by atoms with E-state index in [1.165, 1.54) is 25.4 Å². The first-order chi connectivity index (χ1) is 15.5. The normalized spacial score (nSPS) is 13.1. The Labute approximate surface area is 187 Å². The number of aromatic nitrogens is 1. The summed E-state index contributed by atoms with van der Waals surface area (Å²) in [5.74, 6) is -2.06. The van der Waals surface area contributed by atoms with E-state index in [0.29, 0.717) is 28.6 Å². The lowest BCUT2D eigenvalue weighted by Gasteiger charge is -2.14. The second-order valence-corrected chi connectivity index (χ2v) is 8.78. The quantitative estimate of drug-likeness (QED) is 0.272. The van der Waals surface area contributed by atoms with Gasteiger partial charge in [0.1, 0.15) is 5.75 Å². The van der Waals surface area contributed by atoms with Crippen LogP contribution < -0.4 is 10.1 Å². The zero-order valence-corrected chi connectivity index (χ0v) is 18.2. The minimum absolute atomic E-state index is 0.121. The molecule has 0 saturated heterocycles. The number of hydrogen-bond acceptors (Lipinski definition) is 7. The molecule has 1 atom stereocenters. The molecule has 0 spiro atoms. The van der Waals surface area contributed by atoms with Gasteiger partial charge in [-0.3, -0.25) is 0 Å². The highest BCUT2D eigenvalue weighted by Crippen LogP contribution is 2.29. The van der Waals surface area contributed by atoms with Gasteiger partial charge in [-0.05, 0) is 42.8 Å². The lowest BCUT2D eigenvalue weighted by molar-refractivity contribution is -0.218. The van der Waals surface area contributed by atoms with Crippen LogP contribution in [-0.2, 0) is 26.0 Å². The maximum absolute atomic E-state index is 13.1. The van der Waals surface area contributed by atoms with Crippen LogP contribution in [-0.4, -0.2) is 56.1 Å². The van der Waals surface area contributed by atoms with E-state index in [1.807, 2.05) is 0 Å². The average molecular weight is 486 g/mol. The number of nitrogens with one attached hydrogen (secondary N) is 1. The van der Waals surface area contributed by atoms with Crippen molar-refractivity contribution in [3.05, 3.63) is 60.3 Å². The SMILES string of the molecule is COc1cc(CCNCC(O)OC(=O)C(F)(F)F)c2ccn(S(=O)(=O)c3ccccc3)c2c1. The van der Waals surface area contributed by atoms with Gasteiger partial charge in [0.2, 0.25) is 6.29 Å². The van der Waals surface area contributed by atoms with E-state index in [-0.39, 0.29) is 11.4 Å². The van der Waals surface area contributed by atoms with Crippen molar-refractivity contribution >= 4 is 26.9 Å².